The van der Waals surface area contributed by atoms with E-state index >= 15 is 0 Å². The molecule has 2 aromatic rings. The average molecular weight is 299 g/mol. The molecule has 1 heteroatoms. The van der Waals surface area contributed by atoms with Crippen LogP contribution in [0.1, 0.15) is 17.5 Å². The monoisotopic (exact) mass is 300 g/mol. The number of allylic oxidation sites excluding steroid dienone is 2. The fraction of sp³-hybridized carbons (Fsp3) is 0.176. The molecule has 0 radical (unpaired) electrons. The fourth-order valence-electron chi connectivity index (χ4n) is 2.55. The van der Waals surface area contributed by atoms with Crippen molar-refractivity contribution in [1.29, 1.82) is 0 Å². The van der Waals surface area contributed by atoms with Crippen LogP contribution in [0.15, 0.2) is 72.8 Å². The molecule has 3 rings (SSSR count). The molecule has 2 aromatic carbocycles. The van der Waals surface area contributed by atoms with Crippen molar-refractivity contribution in [1.82, 2.24) is 0 Å². The third kappa shape index (κ3) is 2.05. The minimum atomic E-state index is 0.240. The van der Waals surface area contributed by atoms with E-state index in [1.165, 1.54) is 16.4 Å². The molecule has 90 valence electrons. The van der Waals surface area contributed by atoms with Crippen LogP contribution in [-0.2, 0) is 4.31 Å². The molecular weight excluding hydrogens is 283 g/mol. The van der Waals surface area contributed by atoms with Gasteiger partial charge in [-0.1, -0.05) is 0 Å². The fourth-order valence-corrected chi connectivity index (χ4v) is 5.35. The Hall–Kier alpha value is -1.30. The van der Waals surface area contributed by atoms with E-state index in [9.17, 15) is 0 Å². The van der Waals surface area contributed by atoms with Crippen LogP contribution in [0.4, 0.5) is 0 Å². The van der Waals surface area contributed by atoms with Gasteiger partial charge in [0.05, 0.1) is 0 Å². The second kappa shape index (κ2) is 5.14. The Bertz CT molecular complexity index is 489. The van der Waals surface area contributed by atoms with Crippen LogP contribution >= 0.6 is 0 Å². The molecule has 0 saturated heterocycles. The first kappa shape index (κ1) is 11.8. The molecule has 0 aromatic heterocycles. The second-order valence-corrected chi connectivity index (χ2v) is 7.31. The summed E-state index contributed by atoms with van der Waals surface area (Å²) in [4.78, 5) is 0. The summed E-state index contributed by atoms with van der Waals surface area (Å²) in [6.45, 7) is 0. The van der Waals surface area contributed by atoms with Gasteiger partial charge in [-0.2, -0.15) is 0 Å². The first-order chi connectivity index (χ1) is 8.92. The summed E-state index contributed by atoms with van der Waals surface area (Å²) in [5.41, 5.74) is 2.95. The van der Waals surface area contributed by atoms with Crippen LogP contribution in [0.2, 0.25) is 5.32 Å². The van der Waals surface area contributed by atoms with Gasteiger partial charge in [0.25, 0.3) is 0 Å². The van der Waals surface area contributed by atoms with Gasteiger partial charge in [-0.25, -0.2) is 0 Å². The molecule has 1 aliphatic rings. The normalized spacial score (nSPS) is 17.6. The van der Waals surface area contributed by atoms with E-state index in [1.807, 2.05) is 0 Å². The number of rotatable bonds is 2. The molecule has 0 nitrogen and oxygen atoms in total. The first-order valence-corrected chi connectivity index (χ1v) is 8.39. The maximum atomic E-state index is 2.35. The molecule has 1 heterocycles. The third-order valence-electron chi connectivity index (χ3n) is 3.48. The number of hydrogen-bond donors (Lipinski definition) is 0. The van der Waals surface area contributed by atoms with Gasteiger partial charge in [0, 0.05) is 0 Å². The third-order valence-corrected chi connectivity index (χ3v) is 6.60. The quantitative estimate of drug-likeness (QED) is 0.580. The summed E-state index contributed by atoms with van der Waals surface area (Å²) in [7, 11) is 0. The summed E-state index contributed by atoms with van der Waals surface area (Å²) in [5.74, 6) is 0. The Morgan fingerprint density at radius 1 is 0.722 bits per heavy atom. The Morgan fingerprint density at radius 3 is 1.72 bits per heavy atom. The summed E-state index contributed by atoms with van der Waals surface area (Å²) >= 11 is 0.588. The van der Waals surface area contributed by atoms with Crippen molar-refractivity contribution in [3.63, 3.8) is 0 Å². The topological polar surface area (TPSA) is 0 Å². The molecule has 18 heavy (non-hydrogen) atoms. The molecule has 0 aliphatic carbocycles. The van der Waals surface area contributed by atoms with E-state index in [-0.39, 0.29) is 4.31 Å². The molecule has 0 N–H and O–H groups in total. The van der Waals surface area contributed by atoms with Gasteiger partial charge >= 0.3 is 115 Å². The number of hydrogen-bond acceptors (Lipinski definition) is 0. The molecule has 0 amide bonds. The SMILES string of the molecule is C1=CCC(c2ccccc2)(c2ccccc2)[Se]C1. The van der Waals surface area contributed by atoms with Crippen molar-refractivity contribution < 1.29 is 0 Å². The standard InChI is InChI=1S/C17H16Se/c1-3-9-15(10-4-1)17(13-7-8-14-18-17)16-11-5-2-6-12-16/h1-12H,13-14H2. The van der Waals surface area contributed by atoms with Crippen molar-refractivity contribution in [3.05, 3.63) is 83.9 Å². The minimum absolute atomic E-state index is 0.240. The van der Waals surface area contributed by atoms with Crippen molar-refractivity contribution in [3.8, 4) is 0 Å². The van der Waals surface area contributed by atoms with Crippen LogP contribution in [0.25, 0.3) is 0 Å². The summed E-state index contributed by atoms with van der Waals surface area (Å²) in [6, 6.07) is 22.0. The van der Waals surface area contributed by atoms with Gasteiger partial charge in [0.2, 0.25) is 0 Å². The molecule has 0 atom stereocenters. The van der Waals surface area contributed by atoms with Crippen LogP contribution < -0.4 is 0 Å². The Balaban J connectivity index is 2.13. The zero-order valence-electron chi connectivity index (χ0n) is 10.3. The van der Waals surface area contributed by atoms with E-state index in [2.05, 4.69) is 72.8 Å². The van der Waals surface area contributed by atoms with E-state index in [0.29, 0.717) is 15.0 Å². The maximum absolute atomic E-state index is 2.35. The Kier molecular flexibility index (Phi) is 3.36. The molecule has 0 unspecified atom stereocenters. The Morgan fingerprint density at radius 2 is 1.28 bits per heavy atom. The summed E-state index contributed by atoms with van der Waals surface area (Å²) in [6.07, 6.45) is 5.83. The van der Waals surface area contributed by atoms with E-state index in [1.54, 1.807) is 0 Å². The van der Waals surface area contributed by atoms with E-state index in [0.717, 1.165) is 6.42 Å². The van der Waals surface area contributed by atoms with Gasteiger partial charge in [0.15, 0.2) is 0 Å². The van der Waals surface area contributed by atoms with Crippen molar-refractivity contribution >= 4 is 15.0 Å². The van der Waals surface area contributed by atoms with Crippen LogP contribution in [-0.4, -0.2) is 15.0 Å². The van der Waals surface area contributed by atoms with Crippen molar-refractivity contribution in [2.24, 2.45) is 0 Å². The average Bonchev–Trinajstić information content (AvgIpc) is 2.50. The number of benzene rings is 2. The van der Waals surface area contributed by atoms with Gasteiger partial charge in [-0.3, -0.25) is 0 Å². The van der Waals surface area contributed by atoms with E-state index < -0.39 is 0 Å². The van der Waals surface area contributed by atoms with Crippen LogP contribution in [0.3, 0.4) is 0 Å². The Labute approximate surface area is 115 Å². The van der Waals surface area contributed by atoms with Gasteiger partial charge in [-0.05, 0) is 0 Å². The predicted molar refractivity (Wildman–Crippen MR) is 78.0 cm³/mol. The van der Waals surface area contributed by atoms with Gasteiger partial charge in [-0.15, -0.1) is 0 Å². The van der Waals surface area contributed by atoms with Crippen molar-refractivity contribution in [2.45, 2.75) is 16.1 Å². The molecular formula is C17H16Se. The summed E-state index contributed by atoms with van der Waals surface area (Å²) < 4.78 is 0.240. The van der Waals surface area contributed by atoms with E-state index in [4.69, 9.17) is 0 Å². The molecule has 1 aliphatic heterocycles. The van der Waals surface area contributed by atoms with Gasteiger partial charge in [0.1, 0.15) is 0 Å². The van der Waals surface area contributed by atoms with Crippen LogP contribution in [0, 0.1) is 0 Å². The van der Waals surface area contributed by atoms with Crippen LogP contribution in [0.5, 0.6) is 0 Å². The van der Waals surface area contributed by atoms with Gasteiger partial charge < -0.3 is 0 Å². The predicted octanol–water partition coefficient (Wildman–Crippen LogP) is 4.01. The van der Waals surface area contributed by atoms with Crippen molar-refractivity contribution in [2.75, 3.05) is 0 Å². The first-order valence-electron chi connectivity index (χ1n) is 6.32. The molecule has 0 fully saturated rings. The second-order valence-electron chi connectivity index (χ2n) is 4.55. The molecule has 0 spiro atoms. The zero-order valence-corrected chi connectivity index (χ0v) is 12.0. The zero-order chi connectivity index (χ0) is 12.3. The summed E-state index contributed by atoms with van der Waals surface area (Å²) in [5, 5.41) is 1.23. The molecule has 0 saturated carbocycles. The molecule has 0 bridgehead atoms.